The van der Waals surface area contributed by atoms with Crippen LogP contribution in [-0.4, -0.2) is 25.7 Å². The molecule has 0 aromatic heterocycles. The van der Waals surface area contributed by atoms with Crippen LogP contribution in [0.2, 0.25) is 0 Å². The second-order valence-electron chi connectivity index (χ2n) is 5.64. The number of nitrogens with one attached hydrogen (secondary N) is 1. The zero-order valence-corrected chi connectivity index (χ0v) is 15.5. The largest absolute Gasteiger partial charge is 0.373 e. The maximum atomic E-state index is 5.97. The Morgan fingerprint density at radius 2 is 2.14 bits per heavy atom. The van der Waals surface area contributed by atoms with Gasteiger partial charge in [-0.2, -0.15) is 0 Å². The molecule has 0 amide bonds. The number of ether oxygens (including phenoxy) is 1. The van der Waals surface area contributed by atoms with Crippen molar-refractivity contribution in [1.82, 2.24) is 5.32 Å². The van der Waals surface area contributed by atoms with Crippen LogP contribution < -0.4 is 11.1 Å². The number of benzene rings is 1. The highest BCUT2D eigenvalue weighted by molar-refractivity contribution is 14.0. The lowest BCUT2D eigenvalue weighted by molar-refractivity contribution is -0.0265. The molecule has 1 aromatic carbocycles. The Balaban J connectivity index is 0.00000242. The Kier molecular flexibility index (Phi) is 8.48. The molecule has 0 saturated carbocycles. The Morgan fingerprint density at radius 3 is 2.82 bits per heavy atom. The molecule has 22 heavy (non-hydrogen) atoms. The lowest BCUT2D eigenvalue weighted by Gasteiger charge is -2.32. The normalized spacial score (nSPS) is 21.8. The van der Waals surface area contributed by atoms with Crippen molar-refractivity contribution in [3.05, 3.63) is 48.0 Å². The van der Waals surface area contributed by atoms with Gasteiger partial charge in [-0.05, 0) is 25.3 Å². The van der Waals surface area contributed by atoms with Crippen LogP contribution in [-0.2, 0) is 4.74 Å². The van der Waals surface area contributed by atoms with Crippen molar-refractivity contribution in [1.29, 1.82) is 0 Å². The highest BCUT2D eigenvalue weighted by atomic mass is 127. The molecule has 0 bridgehead atoms. The van der Waals surface area contributed by atoms with Gasteiger partial charge in [-0.25, -0.2) is 4.99 Å². The van der Waals surface area contributed by atoms with E-state index in [1.165, 1.54) is 5.56 Å². The zero-order valence-electron chi connectivity index (χ0n) is 13.1. The summed E-state index contributed by atoms with van der Waals surface area (Å²) in [7, 11) is 0. The maximum Gasteiger partial charge on any atom is 0.188 e. The van der Waals surface area contributed by atoms with Gasteiger partial charge in [0.15, 0.2) is 5.96 Å². The van der Waals surface area contributed by atoms with Crippen molar-refractivity contribution in [2.45, 2.75) is 25.9 Å². The number of rotatable bonds is 5. The number of halogens is 1. The molecule has 4 nitrogen and oxygen atoms in total. The molecule has 122 valence electrons. The van der Waals surface area contributed by atoms with E-state index in [-0.39, 0.29) is 30.1 Å². The first-order chi connectivity index (χ1) is 10.2. The third kappa shape index (κ3) is 5.96. The number of guanidine groups is 1. The second kappa shape index (κ2) is 9.84. The first kappa shape index (κ1) is 19.0. The minimum absolute atomic E-state index is 0. The van der Waals surface area contributed by atoms with Gasteiger partial charge in [0.1, 0.15) is 0 Å². The van der Waals surface area contributed by atoms with Crippen LogP contribution in [0.3, 0.4) is 0 Å². The summed E-state index contributed by atoms with van der Waals surface area (Å²) in [6.07, 6.45) is 2.38. The number of nitrogens with two attached hydrogens (primary N) is 1. The SMILES string of the molecule is C=C(C)CN=C(N)NCC1CCCOC1c1ccccc1.I. The summed E-state index contributed by atoms with van der Waals surface area (Å²) in [4.78, 5) is 4.25. The summed E-state index contributed by atoms with van der Waals surface area (Å²) in [6, 6.07) is 10.4. The van der Waals surface area contributed by atoms with Crippen LogP contribution in [0.25, 0.3) is 0 Å². The van der Waals surface area contributed by atoms with Crippen molar-refractivity contribution in [2.75, 3.05) is 19.7 Å². The first-order valence-corrected chi connectivity index (χ1v) is 7.51. The average molecular weight is 415 g/mol. The Hall–Kier alpha value is -1.08. The van der Waals surface area contributed by atoms with Gasteiger partial charge in [-0.1, -0.05) is 42.5 Å². The molecule has 2 rings (SSSR count). The molecule has 0 aliphatic carbocycles. The fourth-order valence-electron chi connectivity index (χ4n) is 2.58. The van der Waals surface area contributed by atoms with Gasteiger partial charge in [0.2, 0.25) is 0 Å². The third-order valence-electron chi connectivity index (χ3n) is 3.64. The molecular weight excluding hydrogens is 389 g/mol. The Labute approximate surface area is 150 Å². The number of aliphatic imine (C=N–C) groups is 1. The lowest BCUT2D eigenvalue weighted by atomic mass is 9.89. The minimum Gasteiger partial charge on any atom is -0.373 e. The van der Waals surface area contributed by atoms with Gasteiger partial charge in [0.25, 0.3) is 0 Å². The van der Waals surface area contributed by atoms with Gasteiger partial charge in [0, 0.05) is 19.1 Å². The van der Waals surface area contributed by atoms with E-state index in [1.807, 2.05) is 13.0 Å². The second-order valence-corrected chi connectivity index (χ2v) is 5.64. The minimum atomic E-state index is 0. The molecule has 1 heterocycles. The average Bonchev–Trinajstić information content (AvgIpc) is 2.52. The third-order valence-corrected chi connectivity index (χ3v) is 3.64. The van der Waals surface area contributed by atoms with E-state index >= 15 is 0 Å². The summed E-state index contributed by atoms with van der Waals surface area (Å²) in [5, 5.41) is 3.21. The standard InChI is InChI=1S/C17H25N3O.HI/c1-13(2)11-19-17(18)20-12-15-9-6-10-21-16(15)14-7-4-3-5-8-14;/h3-5,7-8,15-16H,1,6,9-12H2,2H3,(H3,18,19,20);1H. The molecule has 1 aliphatic rings. The molecule has 1 aliphatic heterocycles. The van der Waals surface area contributed by atoms with Gasteiger partial charge in [0.05, 0.1) is 12.6 Å². The van der Waals surface area contributed by atoms with E-state index in [1.54, 1.807) is 0 Å². The van der Waals surface area contributed by atoms with Crippen LogP contribution in [0, 0.1) is 5.92 Å². The van der Waals surface area contributed by atoms with Crippen molar-refractivity contribution in [2.24, 2.45) is 16.6 Å². The molecule has 0 radical (unpaired) electrons. The van der Waals surface area contributed by atoms with E-state index in [0.29, 0.717) is 18.4 Å². The summed E-state index contributed by atoms with van der Waals surface area (Å²) >= 11 is 0. The number of nitrogens with zero attached hydrogens (tertiary/aromatic N) is 1. The lowest BCUT2D eigenvalue weighted by Crippen LogP contribution is -2.39. The predicted molar refractivity (Wildman–Crippen MR) is 103 cm³/mol. The van der Waals surface area contributed by atoms with Crippen LogP contribution >= 0.6 is 24.0 Å². The smallest absolute Gasteiger partial charge is 0.188 e. The fraction of sp³-hybridized carbons (Fsp3) is 0.471. The summed E-state index contributed by atoms with van der Waals surface area (Å²) in [5.41, 5.74) is 8.12. The topological polar surface area (TPSA) is 59.6 Å². The molecule has 5 heteroatoms. The molecule has 2 atom stereocenters. The van der Waals surface area contributed by atoms with Crippen LogP contribution in [0.15, 0.2) is 47.5 Å². The summed E-state index contributed by atoms with van der Waals surface area (Å²) < 4.78 is 5.97. The maximum absolute atomic E-state index is 5.97. The molecule has 1 fully saturated rings. The van der Waals surface area contributed by atoms with Gasteiger partial charge >= 0.3 is 0 Å². The Bertz CT molecular complexity index is 490. The van der Waals surface area contributed by atoms with Crippen LogP contribution in [0.4, 0.5) is 0 Å². The van der Waals surface area contributed by atoms with Crippen molar-refractivity contribution < 1.29 is 4.74 Å². The van der Waals surface area contributed by atoms with Crippen molar-refractivity contribution in [3.63, 3.8) is 0 Å². The van der Waals surface area contributed by atoms with E-state index in [0.717, 1.165) is 31.6 Å². The zero-order chi connectivity index (χ0) is 15.1. The number of hydrogen-bond donors (Lipinski definition) is 2. The monoisotopic (exact) mass is 415 g/mol. The first-order valence-electron chi connectivity index (χ1n) is 7.51. The quantitative estimate of drug-likeness (QED) is 0.336. The van der Waals surface area contributed by atoms with Gasteiger partial charge in [-0.15, -0.1) is 24.0 Å². The molecule has 3 N–H and O–H groups in total. The molecule has 0 spiro atoms. The van der Waals surface area contributed by atoms with Gasteiger partial charge in [-0.3, -0.25) is 0 Å². The van der Waals surface area contributed by atoms with Crippen molar-refractivity contribution in [3.8, 4) is 0 Å². The predicted octanol–water partition coefficient (Wildman–Crippen LogP) is 3.25. The highest BCUT2D eigenvalue weighted by Gasteiger charge is 2.27. The summed E-state index contributed by atoms with van der Waals surface area (Å²) in [6.45, 7) is 7.94. The van der Waals surface area contributed by atoms with Gasteiger partial charge < -0.3 is 15.8 Å². The summed E-state index contributed by atoms with van der Waals surface area (Å²) in [5.74, 6) is 0.898. The van der Waals surface area contributed by atoms with E-state index in [4.69, 9.17) is 10.5 Å². The van der Waals surface area contributed by atoms with Crippen LogP contribution in [0.5, 0.6) is 0 Å². The van der Waals surface area contributed by atoms with E-state index < -0.39 is 0 Å². The van der Waals surface area contributed by atoms with Crippen LogP contribution in [0.1, 0.15) is 31.4 Å². The highest BCUT2D eigenvalue weighted by Crippen LogP contribution is 2.32. The fourth-order valence-corrected chi connectivity index (χ4v) is 2.58. The Morgan fingerprint density at radius 1 is 1.41 bits per heavy atom. The van der Waals surface area contributed by atoms with E-state index in [9.17, 15) is 0 Å². The van der Waals surface area contributed by atoms with E-state index in [2.05, 4.69) is 41.2 Å². The molecule has 2 unspecified atom stereocenters. The van der Waals surface area contributed by atoms with Crippen molar-refractivity contribution >= 4 is 29.9 Å². The number of hydrogen-bond acceptors (Lipinski definition) is 2. The molecule has 1 aromatic rings. The molecular formula is C17H26IN3O. The molecule has 1 saturated heterocycles.